The minimum Gasteiger partial charge on any atom is -0.478 e. The number of hydrogen-bond acceptors (Lipinski definition) is 3. The van der Waals surface area contributed by atoms with Crippen molar-refractivity contribution in [1.82, 2.24) is 4.90 Å². The number of nitrogens with zero attached hydrogens (tertiary/aromatic N) is 2. The molecule has 0 spiro atoms. The minimum absolute atomic E-state index is 0.0135. The van der Waals surface area contributed by atoms with Crippen molar-refractivity contribution in [2.24, 2.45) is 0 Å². The van der Waals surface area contributed by atoms with Crippen LogP contribution in [0.15, 0.2) is 42.5 Å². The molecule has 0 radical (unpaired) electrons. The number of benzene rings is 2. The molecule has 0 aromatic heterocycles. The fourth-order valence-corrected chi connectivity index (χ4v) is 3.90. The maximum Gasteiger partial charge on any atom is 0.336 e. The number of anilines is 1. The van der Waals surface area contributed by atoms with Crippen molar-refractivity contribution in [1.29, 1.82) is 0 Å². The van der Waals surface area contributed by atoms with E-state index in [4.69, 9.17) is 0 Å². The second-order valence-electron chi connectivity index (χ2n) is 6.92. The van der Waals surface area contributed by atoms with Crippen LogP contribution in [-0.4, -0.2) is 40.9 Å². The van der Waals surface area contributed by atoms with Crippen LogP contribution in [0.4, 0.5) is 5.69 Å². The van der Waals surface area contributed by atoms with Gasteiger partial charge in [-0.15, -0.1) is 0 Å². The van der Waals surface area contributed by atoms with Gasteiger partial charge in [0.25, 0.3) is 0 Å². The van der Waals surface area contributed by atoms with E-state index in [2.05, 4.69) is 0 Å². The summed E-state index contributed by atoms with van der Waals surface area (Å²) in [6.45, 7) is 0.777. The molecule has 2 aromatic rings. The minimum atomic E-state index is -0.985. The summed E-state index contributed by atoms with van der Waals surface area (Å²) >= 11 is 0. The number of carboxylic acid groups (broad SMARTS) is 1. The average molecular weight is 364 g/mol. The van der Waals surface area contributed by atoms with E-state index in [-0.39, 0.29) is 30.5 Å². The topological polar surface area (TPSA) is 77.9 Å². The quantitative estimate of drug-likeness (QED) is 0.906. The molecule has 0 aliphatic carbocycles. The van der Waals surface area contributed by atoms with Crippen LogP contribution >= 0.6 is 0 Å². The van der Waals surface area contributed by atoms with Crippen molar-refractivity contribution >= 4 is 23.5 Å². The number of hydrogen-bond donors (Lipinski definition) is 1. The second kappa shape index (κ2) is 6.87. The van der Waals surface area contributed by atoms with Crippen LogP contribution in [0.5, 0.6) is 0 Å². The monoisotopic (exact) mass is 364 g/mol. The van der Waals surface area contributed by atoms with Gasteiger partial charge in [0.05, 0.1) is 5.56 Å². The highest BCUT2D eigenvalue weighted by atomic mass is 16.4. The van der Waals surface area contributed by atoms with E-state index < -0.39 is 5.97 Å². The largest absolute Gasteiger partial charge is 0.478 e. The summed E-state index contributed by atoms with van der Waals surface area (Å²) in [5.74, 6) is -1.20. The van der Waals surface area contributed by atoms with Crippen molar-refractivity contribution < 1.29 is 19.5 Å². The van der Waals surface area contributed by atoms with Crippen molar-refractivity contribution in [3.63, 3.8) is 0 Å². The first-order valence-electron chi connectivity index (χ1n) is 9.04. The molecule has 0 unspecified atom stereocenters. The zero-order valence-electron chi connectivity index (χ0n) is 14.9. The van der Waals surface area contributed by atoms with Crippen molar-refractivity contribution in [3.05, 3.63) is 64.7 Å². The molecule has 0 saturated carbocycles. The molecule has 2 aromatic carbocycles. The highest BCUT2D eigenvalue weighted by molar-refractivity contribution is 6.01. The Balaban J connectivity index is 1.55. The van der Waals surface area contributed by atoms with Gasteiger partial charge >= 0.3 is 5.97 Å². The molecule has 2 aliphatic heterocycles. The van der Waals surface area contributed by atoms with Crippen LogP contribution in [0.3, 0.4) is 0 Å². The highest BCUT2D eigenvalue weighted by Gasteiger charge is 2.29. The SMILES string of the molecule is O=C(O)c1cccc2c1CN(C(=O)CN1C(=O)CCc3ccccc31)CC2. The molecule has 2 heterocycles. The van der Waals surface area contributed by atoms with Crippen LogP contribution < -0.4 is 4.90 Å². The van der Waals surface area contributed by atoms with Crippen molar-refractivity contribution in [3.8, 4) is 0 Å². The van der Waals surface area contributed by atoms with E-state index in [1.165, 1.54) is 0 Å². The lowest BCUT2D eigenvalue weighted by Crippen LogP contribution is -2.46. The summed E-state index contributed by atoms with van der Waals surface area (Å²) in [6.07, 6.45) is 1.71. The standard InChI is InChI=1S/C21H20N2O4/c24-19-9-8-15-4-1-2-7-18(15)23(19)13-20(25)22-11-10-14-5-3-6-16(21(26)27)17(14)12-22/h1-7H,8-13H2,(H,26,27). The Kier molecular flexibility index (Phi) is 4.39. The number of aryl methyl sites for hydroxylation is 1. The number of amides is 2. The van der Waals surface area contributed by atoms with Crippen LogP contribution in [0, 0.1) is 0 Å². The molecule has 1 N–H and O–H groups in total. The van der Waals surface area contributed by atoms with E-state index in [1.807, 2.05) is 30.3 Å². The molecular formula is C21H20N2O4. The van der Waals surface area contributed by atoms with Gasteiger partial charge in [-0.05, 0) is 41.7 Å². The number of carbonyl (C=O) groups is 3. The molecule has 2 amide bonds. The number of para-hydroxylation sites is 1. The summed E-state index contributed by atoms with van der Waals surface area (Å²) < 4.78 is 0. The molecule has 138 valence electrons. The zero-order chi connectivity index (χ0) is 19.0. The van der Waals surface area contributed by atoms with E-state index >= 15 is 0 Å². The van der Waals surface area contributed by atoms with Crippen LogP contribution in [0.25, 0.3) is 0 Å². The van der Waals surface area contributed by atoms with Crippen molar-refractivity contribution in [2.75, 3.05) is 18.0 Å². The van der Waals surface area contributed by atoms with Gasteiger partial charge in [-0.1, -0.05) is 30.3 Å². The second-order valence-corrected chi connectivity index (χ2v) is 6.92. The van der Waals surface area contributed by atoms with Gasteiger partial charge in [0.1, 0.15) is 6.54 Å². The molecule has 6 heteroatoms. The molecule has 0 saturated heterocycles. The first kappa shape index (κ1) is 17.3. The third kappa shape index (κ3) is 3.18. The molecule has 0 atom stereocenters. The van der Waals surface area contributed by atoms with Gasteiger partial charge in [-0.25, -0.2) is 4.79 Å². The highest BCUT2D eigenvalue weighted by Crippen LogP contribution is 2.28. The summed E-state index contributed by atoms with van der Waals surface area (Å²) in [6, 6.07) is 12.9. The third-order valence-corrected chi connectivity index (χ3v) is 5.34. The summed E-state index contributed by atoms with van der Waals surface area (Å²) in [7, 11) is 0. The van der Waals surface area contributed by atoms with Gasteiger partial charge in [0.15, 0.2) is 0 Å². The predicted octanol–water partition coefficient (Wildman–Crippen LogP) is 2.25. The van der Waals surface area contributed by atoms with E-state index in [0.717, 1.165) is 16.8 Å². The third-order valence-electron chi connectivity index (χ3n) is 5.34. The molecule has 6 nitrogen and oxygen atoms in total. The van der Waals surface area contributed by atoms with Crippen molar-refractivity contribution in [2.45, 2.75) is 25.8 Å². The maximum atomic E-state index is 12.9. The lowest BCUT2D eigenvalue weighted by atomic mass is 9.94. The number of fused-ring (bicyclic) bond motifs is 2. The van der Waals surface area contributed by atoms with Crippen LogP contribution in [0.1, 0.15) is 33.5 Å². The molecule has 0 fully saturated rings. The Morgan fingerprint density at radius 1 is 0.963 bits per heavy atom. The smallest absolute Gasteiger partial charge is 0.336 e. The van der Waals surface area contributed by atoms with E-state index in [0.29, 0.717) is 31.4 Å². The van der Waals surface area contributed by atoms with Gasteiger partial charge in [0.2, 0.25) is 11.8 Å². The van der Waals surface area contributed by atoms with Crippen LogP contribution in [0.2, 0.25) is 0 Å². The van der Waals surface area contributed by atoms with Gasteiger partial charge in [-0.3, -0.25) is 9.59 Å². The number of rotatable bonds is 3. The number of carboxylic acids is 1. The molecule has 2 aliphatic rings. The molecule has 4 rings (SSSR count). The Labute approximate surface area is 157 Å². The summed E-state index contributed by atoms with van der Waals surface area (Å²) in [5.41, 5.74) is 3.77. The molecule has 27 heavy (non-hydrogen) atoms. The lowest BCUT2D eigenvalue weighted by Gasteiger charge is -2.34. The van der Waals surface area contributed by atoms with Gasteiger partial charge in [0, 0.05) is 25.2 Å². The van der Waals surface area contributed by atoms with Gasteiger partial charge in [-0.2, -0.15) is 0 Å². The summed E-state index contributed by atoms with van der Waals surface area (Å²) in [4.78, 5) is 40.0. The lowest BCUT2D eigenvalue weighted by molar-refractivity contribution is -0.132. The fraction of sp³-hybridized carbons (Fsp3) is 0.286. The first-order chi connectivity index (χ1) is 13.0. The molecular weight excluding hydrogens is 344 g/mol. The Bertz CT molecular complexity index is 938. The summed E-state index contributed by atoms with van der Waals surface area (Å²) in [5, 5.41) is 9.41. The fourth-order valence-electron chi connectivity index (χ4n) is 3.90. The first-order valence-corrected chi connectivity index (χ1v) is 9.04. The van der Waals surface area contributed by atoms with E-state index in [9.17, 15) is 19.5 Å². The van der Waals surface area contributed by atoms with E-state index in [1.54, 1.807) is 21.9 Å². The normalized spacial score (nSPS) is 15.9. The average Bonchev–Trinajstić information content (AvgIpc) is 2.69. The van der Waals surface area contributed by atoms with Crippen LogP contribution in [-0.2, 0) is 29.0 Å². The zero-order valence-corrected chi connectivity index (χ0v) is 14.9. The maximum absolute atomic E-state index is 12.9. The Morgan fingerprint density at radius 2 is 1.74 bits per heavy atom. The Hall–Kier alpha value is -3.15. The number of aromatic carboxylic acids is 1. The Morgan fingerprint density at radius 3 is 2.56 bits per heavy atom. The number of carbonyl (C=O) groups excluding carboxylic acids is 2. The van der Waals surface area contributed by atoms with Gasteiger partial charge < -0.3 is 14.9 Å². The molecule has 0 bridgehead atoms. The predicted molar refractivity (Wildman–Crippen MR) is 99.6 cm³/mol.